The number of nitrogens with one attached hydrogen (secondary N) is 1. The second-order valence-corrected chi connectivity index (χ2v) is 4.79. The van der Waals surface area contributed by atoms with Crippen molar-refractivity contribution in [2.75, 3.05) is 14.2 Å². The summed E-state index contributed by atoms with van der Waals surface area (Å²) in [6.45, 7) is 2.21. The van der Waals surface area contributed by atoms with Crippen molar-refractivity contribution in [1.29, 1.82) is 0 Å². The van der Waals surface area contributed by atoms with Crippen molar-refractivity contribution < 1.29 is 4.74 Å². The van der Waals surface area contributed by atoms with Crippen LogP contribution in [0.1, 0.15) is 37.8 Å². The summed E-state index contributed by atoms with van der Waals surface area (Å²) >= 11 is 3.51. The lowest BCUT2D eigenvalue weighted by Crippen LogP contribution is -2.17. The number of benzene rings is 1. The summed E-state index contributed by atoms with van der Waals surface area (Å²) in [5.74, 6) is 0.957. The second-order valence-electron chi connectivity index (χ2n) is 3.87. The molecule has 0 aliphatic carbocycles. The smallest absolute Gasteiger partial charge is 0.123 e. The number of halogens is 1. The maximum absolute atomic E-state index is 5.40. The van der Waals surface area contributed by atoms with E-state index >= 15 is 0 Å². The van der Waals surface area contributed by atoms with E-state index in [0.717, 1.165) is 16.6 Å². The van der Waals surface area contributed by atoms with Crippen molar-refractivity contribution in [3.63, 3.8) is 0 Å². The van der Waals surface area contributed by atoms with E-state index in [1.165, 1.54) is 18.4 Å². The van der Waals surface area contributed by atoms with Crippen molar-refractivity contribution in [2.45, 2.75) is 32.2 Å². The molecule has 2 nitrogen and oxygen atoms in total. The highest BCUT2D eigenvalue weighted by molar-refractivity contribution is 9.10. The molecule has 1 aromatic carbocycles. The van der Waals surface area contributed by atoms with Crippen LogP contribution in [-0.4, -0.2) is 14.2 Å². The maximum atomic E-state index is 5.40. The van der Waals surface area contributed by atoms with Crippen molar-refractivity contribution >= 4 is 15.9 Å². The molecule has 0 heterocycles. The molecule has 1 unspecified atom stereocenters. The van der Waals surface area contributed by atoms with Crippen molar-refractivity contribution in [3.8, 4) is 5.75 Å². The fourth-order valence-electron chi connectivity index (χ4n) is 1.84. The zero-order valence-corrected chi connectivity index (χ0v) is 11.8. The highest BCUT2D eigenvalue weighted by atomic mass is 79.9. The van der Waals surface area contributed by atoms with Crippen molar-refractivity contribution in [2.24, 2.45) is 0 Å². The summed E-state index contributed by atoms with van der Waals surface area (Å²) in [6, 6.07) is 6.52. The molecule has 1 N–H and O–H groups in total. The fraction of sp³-hybridized carbons (Fsp3) is 0.538. The Hall–Kier alpha value is -0.540. The summed E-state index contributed by atoms with van der Waals surface area (Å²) in [7, 11) is 3.72. The van der Waals surface area contributed by atoms with E-state index in [1.54, 1.807) is 7.11 Å². The SMILES string of the molecule is CCCCC(NC)c1cc(Br)ccc1OC. The van der Waals surface area contributed by atoms with Crippen LogP contribution >= 0.6 is 15.9 Å². The average Bonchev–Trinajstić information content (AvgIpc) is 2.30. The molecular weight excluding hydrogens is 266 g/mol. The average molecular weight is 286 g/mol. The van der Waals surface area contributed by atoms with Gasteiger partial charge in [-0.1, -0.05) is 35.7 Å². The Balaban J connectivity index is 2.92. The van der Waals surface area contributed by atoms with E-state index in [2.05, 4.69) is 34.2 Å². The Morgan fingerprint density at radius 2 is 2.19 bits per heavy atom. The summed E-state index contributed by atoms with van der Waals surface area (Å²) in [6.07, 6.45) is 3.58. The predicted octanol–water partition coefficient (Wildman–Crippen LogP) is 3.91. The van der Waals surface area contributed by atoms with Crippen LogP contribution in [0.25, 0.3) is 0 Å². The van der Waals surface area contributed by atoms with Crippen LogP contribution < -0.4 is 10.1 Å². The zero-order valence-electron chi connectivity index (χ0n) is 10.2. The number of ether oxygens (including phenoxy) is 1. The van der Waals surface area contributed by atoms with Gasteiger partial charge in [-0.2, -0.15) is 0 Å². The van der Waals surface area contributed by atoms with Gasteiger partial charge in [-0.3, -0.25) is 0 Å². The Morgan fingerprint density at radius 3 is 2.75 bits per heavy atom. The Bertz CT molecular complexity index is 328. The fourth-order valence-corrected chi connectivity index (χ4v) is 2.22. The Kier molecular flexibility index (Phi) is 5.85. The van der Waals surface area contributed by atoms with Crippen LogP contribution in [0.2, 0.25) is 0 Å². The first-order valence-electron chi connectivity index (χ1n) is 5.73. The molecule has 0 saturated carbocycles. The van der Waals surface area contributed by atoms with Gasteiger partial charge in [-0.25, -0.2) is 0 Å². The molecule has 0 amide bonds. The quantitative estimate of drug-likeness (QED) is 0.856. The number of methoxy groups -OCH3 is 1. The first-order chi connectivity index (χ1) is 7.72. The molecule has 1 atom stereocenters. The van der Waals surface area contributed by atoms with Crippen molar-refractivity contribution in [1.82, 2.24) is 5.32 Å². The van der Waals surface area contributed by atoms with Gasteiger partial charge in [-0.15, -0.1) is 0 Å². The number of unbranched alkanes of at least 4 members (excludes halogenated alkanes) is 1. The highest BCUT2D eigenvalue weighted by Gasteiger charge is 2.14. The van der Waals surface area contributed by atoms with Gasteiger partial charge in [0, 0.05) is 16.1 Å². The largest absolute Gasteiger partial charge is 0.496 e. The highest BCUT2D eigenvalue weighted by Crippen LogP contribution is 2.30. The molecule has 3 heteroatoms. The van der Waals surface area contributed by atoms with E-state index in [0.29, 0.717) is 6.04 Å². The lowest BCUT2D eigenvalue weighted by Gasteiger charge is -2.19. The molecule has 0 aliphatic heterocycles. The van der Waals surface area contributed by atoms with E-state index in [-0.39, 0.29) is 0 Å². The van der Waals surface area contributed by atoms with E-state index in [1.807, 2.05) is 19.2 Å². The van der Waals surface area contributed by atoms with Gasteiger partial charge in [0.25, 0.3) is 0 Å². The molecule has 0 saturated heterocycles. The molecule has 16 heavy (non-hydrogen) atoms. The van der Waals surface area contributed by atoms with Gasteiger partial charge in [0.2, 0.25) is 0 Å². The number of rotatable bonds is 6. The van der Waals surface area contributed by atoms with Crippen LogP contribution in [0.5, 0.6) is 5.75 Å². The molecule has 1 aromatic rings. The van der Waals surface area contributed by atoms with E-state index in [9.17, 15) is 0 Å². The van der Waals surface area contributed by atoms with Gasteiger partial charge in [-0.05, 0) is 31.7 Å². The molecule has 0 fully saturated rings. The molecule has 1 rings (SSSR count). The molecule has 0 bridgehead atoms. The topological polar surface area (TPSA) is 21.3 Å². The third-order valence-corrected chi connectivity index (χ3v) is 3.26. The monoisotopic (exact) mass is 285 g/mol. The number of hydrogen-bond donors (Lipinski definition) is 1. The predicted molar refractivity (Wildman–Crippen MR) is 72.0 cm³/mol. The summed E-state index contributed by atoms with van der Waals surface area (Å²) in [5.41, 5.74) is 1.23. The van der Waals surface area contributed by atoms with Crippen LogP contribution in [-0.2, 0) is 0 Å². The number of hydrogen-bond acceptors (Lipinski definition) is 2. The van der Waals surface area contributed by atoms with E-state index in [4.69, 9.17) is 4.74 Å². The van der Waals surface area contributed by atoms with E-state index < -0.39 is 0 Å². The minimum absolute atomic E-state index is 0.368. The molecular formula is C13H20BrNO. The Morgan fingerprint density at radius 1 is 1.44 bits per heavy atom. The third-order valence-electron chi connectivity index (χ3n) is 2.76. The molecule has 0 aliphatic rings. The van der Waals surface area contributed by atoms with Crippen molar-refractivity contribution in [3.05, 3.63) is 28.2 Å². The first kappa shape index (κ1) is 13.5. The van der Waals surface area contributed by atoms with Gasteiger partial charge < -0.3 is 10.1 Å². The third kappa shape index (κ3) is 3.49. The van der Waals surface area contributed by atoms with Gasteiger partial charge in [0.15, 0.2) is 0 Å². The molecule has 0 radical (unpaired) electrons. The van der Waals surface area contributed by atoms with Crippen LogP contribution in [0.4, 0.5) is 0 Å². The summed E-state index contributed by atoms with van der Waals surface area (Å²) in [4.78, 5) is 0. The summed E-state index contributed by atoms with van der Waals surface area (Å²) in [5, 5.41) is 3.35. The van der Waals surface area contributed by atoms with Crippen LogP contribution in [0.3, 0.4) is 0 Å². The normalized spacial score (nSPS) is 12.5. The standard InChI is InChI=1S/C13H20BrNO/c1-4-5-6-12(15-2)11-9-10(14)7-8-13(11)16-3/h7-9,12,15H,4-6H2,1-3H3. The van der Waals surface area contributed by atoms with Gasteiger partial charge in [0.05, 0.1) is 7.11 Å². The minimum Gasteiger partial charge on any atom is -0.496 e. The van der Waals surface area contributed by atoms with Gasteiger partial charge in [0.1, 0.15) is 5.75 Å². The van der Waals surface area contributed by atoms with Crippen LogP contribution in [0, 0.1) is 0 Å². The Labute approximate surface area is 107 Å². The lowest BCUT2D eigenvalue weighted by molar-refractivity contribution is 0.397. The van der Waals surface area contributed by atoms with Crippen LogP contribution in [0.15, 0.2) is 22.7 Å². The summed E-state index contributed by atoms with van der Waals surface area (Å²) < 4.78 is 6.50. The molecule has 90 valence electrons. The first-order valence-corrected chi connectivity index (χ1v) is 6.53. The maximum Gasteiger partial charge on any atom is 0.123 e. The van der Waals surface area contributed by atoms with Gasteiger partial charge >= 0.3 is 0 Å². The second kappa shape index (κ2) is 6.92. The lowest BCUT2D eigenvalue weighted by atomic mass is 10.0. The molecule has 0 aromatic heterocycles. The molecule has 0 spiro atoms. The minimum atomic E-state index is 0.368. The zero-order chi connectivity index (χ0) is 12.0.